The Labute approximate surface area is 101 Å². The maximum absolute atomic E-state index is 11.5. The van der Waals surface area contributed by atoms with Gasteiger partial charge in [-0.15, -0.1) is 0 Å². The van der Waals surface area contributed by atoms with Crippen molar-refractivity contribution in [3.8, 4) is 0 Å². The fourth-order valence-corrected chi connectivity index (χ4v) is 1.73. The number of ether oxygens (including phenoxy) is 1. The molecule has 0 aliphatic heterocycles. The SMILES string of the molecule is O=C(NC(CO)C1CC1)OCc1ccccc1. The summed E-state index contributed by atoms with van der Waals surface area (Å²) in [7, 11) is 0. The van der Waals surface area contributed by atoms with Crippen molar-refractivity contribution >= 4 is 6.09 Å². The van der Waals surface area contributed by atoms with Gasteiger partial charge in [-0.1, -0.05) is 30.3 Å². The average molecular weight is 235 g/mol. The molecule has 1 atom stereocenters. The summed E-state index contributed by atoms with van der Waals surface area (Å²) in [4.78, 5) is 11.5. The van der Waals surface area contributed by atoms with E-state index >= 15 is 0 Å². The molecular formula is C13H17NO3. The smallest absolute Gasteiger partial charge is 0.407 e. The number of aliphatic hydroxyl groups excluding tert-OH is 1. The fraction of sp³-hybridized carbons (Fsp3) is 0.462. The molecule has 1 saturated carbocycles. The summed E-state index contributed by atoms with van der Waals surface area (Å²) < 4.78 is 5.08. The lowest BCUT2D eigenvalue weighted by molar-refractivity contribution is 0.126. The molecule has 17 heavy (non-hydrogen) atoms. The van der Waals surface area contributed by atoms with Gasteiger partial charge in [0.05, 0.1) is 12.6 Å². The predicted molar refractivity (Wildman–Crippen MR) is 63.4 cm³/mol. The molecule has 0 radical (unpaired) electrons. The van der Waals surface area contributed by atoms with E-state index in [-0.39, 0.29) is 19.3 Å². The van der Waals surface area contributed by atoms with Crippen LogP contribution in [0.15, 0.2) is 30.3 Å². The van der Waals surface area contributed by atoms with Crippen LogP contribution >= 0.6 is 0 Å². The number of amides is 1. The zero-order chi connectivity index (χ0) is 12.1. The second kappa shape index (κ2) is 5.68. The number of benzene rings is 1. The van der Waals surface area contributed by atoms with E-state index in [0.29, 0.717) is 5.92 Å². The molecule has 4 nitrogen and oxygen atoms in total. The Morgan fingerprint density at radius 3 is 2.71 bits per heavy atom. The van der Waals surface area contributed by atoms with Gasteiger partial charge in [0.25, 0.3) is 0 Å². The minimum atomic E-state index is -0.459. The third-order valence-corrected chi connectivity index (χ3v) is 2.90. The Morgan fingerprint density at radius 1 is 1.41 bits per heavy atom. The average Bonchev–Trinajstić information content (AvgIpc) is 3.19. The number of aliphatic hydroxyl groups is 1. The maximum Gasteiger partial charge on any atom is 0.407 e. The van der Waals surface area contributed by atoms with E-state index in [9.17, 15) is 4.79 Å². The molecule has 1 aromatic rings. The normalized spacial score (nSPS) is 16.3. The Hall–Kier alpha value is -1.55. The fourth-order valence-electron chi connectivity index (χ4n) is 1.73. The Balaban J connectivity index is 1.73. The molecule has 1 amide bonds. The largest absolute Gasteiger partial charge is 0.445 e. The lowest BCUT2D eigenvalue weighted by Crippen LogP contribution is -2.39. The highest BCUT2D eigenvalue weighted by atomic mass is 16.5. The Morgan fingerprint density at radius 2 is 2.12 bits per heavy atom. The van der Waals surface area contributed by atoms with Gasteiger partial charge in [-0.3, -0.25) is 0 Å². The molecule has 0 spiro atoms. The molecule has 1 aliphatic rings. The first-order chi connectivity index (χ1) is 8.29. The van der Waals surface area contributed by atoms with Gasteiger partial charge in [-0.25, -0.2) is 4.79 Å². The number of alkyl carbamates (subject to hydrolysis) is 1. The molecule has 0 aromatic heterocycles. The van der Waals surface area contributed by atoms with Crippen LogP contribution in [0.25, 0.3) is 0 Å². The quantitative estimate of drug-likeness (QED) is 0.816. The molecule has 1 aromatic carbocycles. The topological polar surface area (TPSA) is 58.6 Å². The Bertz CT molecular complexity index is 362. The van der Waals surface area contributed by atoms with Gasteiger partial charge in [0.2, 0.25) is 0 Å². The monoisotopic (exact) mass is 235 g/mol. The summed E-state index contributed by atoms with van der Waals surface area (Å²) in [5, 5.41) is 11.8. The maximum atomic E-state index is 11.5. The van der Waals surface area contributed by atoms with E-state index in [2.05, 4.69) is 5.32 Å². The second-order valence-corrected chi connectivity index (χ2v) is 4.33. The van der Waals surface area contributed by atoms with Crippen LogP contribution < -0.4 is 5.32 Å². The van der Waals surface area contributed by atoms with E-state index in [1.165, 1.54) is 0 Å². The van der Waals surface area contributed by atoms with Gasteiger partial charge in [0.1, 0.15) is 6.61 Å². The first-order valence-electron chi connectivity index (χ1n) is 5.87. The molecule has 0 bridgehead atoms. The van der Waals surface area contributed by atoms with Crippen molar-refractivity contribution in [1.82, 2.24) is 5.32 Å². The summed E-state index contributed by atoms with van der Waals surface area (Å²) in [6.07, 6.45) is 1.69. The van der Waals surface area contributed by atoms with E-state index in [1.54, 1.807) is 0 Å². The highest BCUT2D eigenvalue weighted by molar-refractivity contribution is 5.67. The van der Waals surface area contributed by atoms with Gasteiger partial charge in [-0.2, -0.15) is 0 Å². The molecule has 0 heterocycles. The zero-order valence-electron chi connectivity index (χ0n) is 9.63. The van der Waals surface area contributed by atoms with Crippen molar-refractivity contribution in [2.45, 2.75) is 25.5 Å². The third-order valence-electron chi connectivity index (χ3n) is 2.90. The molecule has 4 heteroatoms. The van der Waals surface area contributed by atoms with Gasteiger partial charge in [0, 0.05) is 0 Å². The first kappa shape index (κ1) is 11.9. The highest BCUT2D eigenvalue weighted by Crippen LogP contribution is 2.32. The third kappa shape index (κ3) is 3.75. The van der Waals surface area contributed by atoms with E-state index in [4.69, 9.17) is 9.84 Å². The van der Waals surface area contributed by atoms with Crippen LogP contribution in [0.5, 0.6) is 0 Å². The summed E-state index contributed by atoms with van der Waals surface area (Å²) in [5.41, 5.74) is 0.953. The second-order valence-electron chi connectivity index (χ2n) is 4.33. The minimum Gasteiger partial charge on any atom is -0.445 e. The standard InChI is InChI=1S/C13H17NO3/c15-8-12(11-6-7-11)14-13(16)17-9-10-4-2-1-3-5-10/h1-5,11-12,15H,6-9H2,(H,14,16). The summed E-state index contributed by atoms with van der Waals surface area (Å²) in [6, 6.07) is 9.36. The summed E-state index contributed by atoms with van der Waals surface area (Å²) in [6.45, 7) is 0.237. The van der Waals surface area contributed by atoms with Crippen molar-refractivity contribution in [1.29, 1.82) is 0 Å². The molecule has 0 saturated heterocycles. The van der Waals surface area contributed by atoms with E-state index < -0.39 is 6.09 Å². The van der Waals surface area contributed by atoms with Crippen LogP contribution in [-0.4, -0.2) is 23.8 Å². The lowest BCUT2D eigenvalue weighted by atomic mass is 10.2. The number of rotatable bonds is 5. The number of carbonyl (C=O) groups is 1. The predicted octanol–water partition coefficient (Wildman–Crippen LogP) is 1.68. The summed E-state index contributed by atoms with van der Waals surface area (Å²) >= 11 is 0. The van der Waals surface area contributed by atoms with E-state index in [1.807, 2.05) is 30.3 Å². The molecule has 1 unspecified atom stereocenters. The number of nitrogens with one attached hydrogen (secondary N) is 1. The van der Waals surface area contributed by atoms with Crippen molar-refractivity contribution < 1.29 is 14.6 Å². The molecule has 1 fully saturated rings. The number of carbonyl (C=O) groups excluding carboxylic acids is 1. The van der Waals surface area contributed by atoms with Gasteiger partial charge in [-0.05, 0) is 24.3 Å². The number of hydrogen-bond acceptors (Lipinski definition) is 3. The van der Waals surface area contributed by atoms with Crippen molar-refractivity contribution in [3.05, 3.63) is 35.9 Å². The van der Waals surface area contributed by atoms with Crippen LogP contribution in [0, 0.1) is 5.92 Å². The van der Waals surface area contributed by atoms with Crippen LogP contribution in [0.4, 0.5) is 4.79 Å². The van der Waals surface area contributed by atoms with Gasteiger partial charge in [0.15, 0.2) is 0 Å². The zero-order valence-corrected chi connectivity index (χ0v) is 9.63. The van der Waals surface area contributed by atoms with E-state index in [0.717, 1.165) is 18.4 Å². The number of hydrogen-bond donors (Lipinski definition) is 2. The highest BCUT2D eigenvalue weighted by Gasteiger charge is 2.32. The Kier molecular flexibility index (Phi) is 3.98. The molecule has 1 aliphatic carbocycles. The minimum absolute atomic E-state index is 0.0227. The van der Waals surface area contributed by atoms with Crippen molar-refractivity contribution in [3.63, 3.8) is 0 Å². The molecular weight excluding hydrogens is 218 g/mol. The van der Waals surface area contributed by atoms with Crippen LogP contribution in [-0.2, 0) is 11.3 Å². The molecule has 2 N–H and O–H groups in total. The lowest BCUT2D eigenvalue weighted by Gasteiger charge is -2.15. The molecule has 2 rings (SSSR count). The van der Waals surface area contributed by atoms with Crippen molar-refractivity contribution in [2.75, 3.05) is 6.61 Å². The first-order valence-corrected chi connectivity index (χ1v) is 5.87. The van der Waals surface area contributed by atoms with Gasteiger partial charge >= 0.3 is 6.09 Å². The van der Waals surface area contributed by atoms with Gasteiger partial charge < -0.3 is 15.2 Å². The van der Waals surface area contributed by atoms with Crippen LogP contribution in [0.2, 0.25) is 0 Å². The van der Waals surface area contributed by atoms with Crippen molar-refractivity contribution in [2.24, 2.45) is 5.92 Å². The van der Waals surface area contributed by atoms with Crippen LogP contribution in [0.3, 0.4) is 0 Å². The van der Waals surface area contributed by atoms with Crippen LogP contribution in [0.1, 0.15) is 18.4 Å². The molecule has 92 valence electrons. The summed E-state index contributed by atoms with van der Waals surface area (Å²) in [5.74, 6) is 0.421.